The van der Waals surface area contributed by atoms with E-state index in [-0.39, 0.29) is 18.4 Å². The molecule has 3 nitrogen and oxygen atoms in total. The summed E-state index contributed by atoms with van der Waals surface area (Å²) >= 11 is 0. The molecule has 1 atom stereocenters. The maximum atomic E-state index is 5.96. The second-order valence-electron chi connectivity index (χ2n) is 4.15. The third-order valence-corrected chi connectivity index (χ3v) is 2.81. The Balaban J connectivity index is 0.00000180. The molecule has 0 aliphatic heterocycles. The largest absolute Gasteiger partial charge is 0.489 e. The number of nitrogens with two attached hydrogens (primary N) is 2. The molecule has 0 radical (unpaired) electrons. The molecule has 4 heteroatoms. The molecule has 4 N–H and O–H groups in total. The lowest BCUT2D eigenvalue weighted by atomic mass is 10.1. The number of para-hydroxylation sites is 1. The zero-order valence-electron chi connectivity index (χ0n) is 10.7. The first-order valence-corrected chi connectivity index (χ1v) is 6.02. The fourth-order valence-electron chi connectivity index (χ4n) is 1.78. The van der Waals surface area contributed by atoms with Crippen LogP contribution in [0, 0.1) is 0 Å². The third kappa shape index (κ3) is 4.24. The quantitative estimate of drug-likeness (QED) is 0.884. The van der Waals surface area contributed by atoms with Gasteiger partial charge in [-0.3, -0.25) is 0 Å². The van der Waals surface area contributed by atoms with Gasteiger partial charge in [0.2, 0.25) is 0 Å². The van der Waals surface area contributed by atoms with Gasteiger partial charge in [-0.1, -0.05) is 48.5 Å². The number of ether oxygens (including phenoxy) is 1. The summed E-state index contributed by atoms with van der Waals surface area (Å²) in [7, 11) is 0. The Morgan fingerprint density at radius 2 is 1.58 bits per heavy atom. The van der Waals surface area contributed by atoms with Gasteiger partial charge in [0, 0.05) is 18.2 Å². The van der Waals surface area contributed by atoms with Crippen LogP contribution in [0.2, 0.25) is 0 Å². The van der Waals surface area contributed by atoms with Gasteiger partial charge in [-0.2, -0.15) is 0 Å². The molecule has 0 saturated carbocycles. The van der Waals surface area contributed by atoms with Crippen LogP contribution in [0.4, 0.5) is 0 Å². The van der Waals surface area contributed by atoms with Gasteiger partial charge < -0.3 is 16.2 Å². The Morgan fingerprint density at radius 1 is 0.947 bits per heavy atom. The van der Waals surface area contributed by atoms with E-state index >= 15 is 0 Å². The fraction of sp³-hybridized carbons (Fsp3) is 0.200. The zero-order valence-corrected chi connectivity index (χ0v) is 11.5. The predicted octanol–water partition coefficient (Wildman–Crippen LogP) is 2.65. The Morgan fingerprint density at radius 3 is 2.26 bits per heavy atom. The van der Waals surface area contributed by atoms with Crippen LogP contribution in [0.3, 0.4) is 0 Å². The molecule has 102 valence electrons. The van der Waals surface area contributed by atoms with E-state index in [1.54, 1.807) is 0 Å². The van der Waals surface area contributed by atoms with Gasteiger partial charge in [-0.15, -0.1) is 12.4 Å². The number of hydrogen-bond donors (Lipinski definition) is 2. The lowest BCUT2D eigenvalue weighted by molar-refractivity contribution is 0.301. The molecule has 0 fully saturated rings. The number of halogens is 1. The smallest absolute Gasteiger partial charge is 0.124 e. The highest BCUT2D eigenvalue weighted by molar-refractivity contribution is 5.85. The molecule has 0 bridgehead atoms. The van der Waals surface area contributed by atoms with Crippen LogP contribution in [-0.4, -0.2) is 6.54 Å². The Kier molecular flexibility index (Phi) is 6.36. The summed E-state index contributed by atoms with van der Waals surface area (Å²) in [6, 6.07) is 17.6. The van der Waals surface area contributed by atoms with Crippen molar-refractivity contribution in [2.24, 2.45) is 11.5 Å². The van der Waals surface area contributed by atoms with Gasteiger partial charge in [-0.05, 0) is 11.6 Å². The molecule has 0 saturated heterocycles. The molecule has 0 aliphatic carbocycles. The lowest BCUT2D eigenvalue weighted by Gasteiger charge is -2.15. The van der Waals surface area contributed by atoms with Crippen LogP contribution in [0.15, 0.2) is 54.6 Å². The van der Waals surface area contributed by atoms with E-state index in [2.05, 4.69) is 0 Å². The number of hydrogen-bond acceptors (Lipinski definition) is 3. The summed E-state index contributed by atoms with van der Waals surface area (Å²) in [5.74, 6) is 0.805. The van der Waals surface area contributed by atoms with E-state index in [0.717, 1.165) is 16.9 Å². The lowest BCUT2D eigenvalue weighted by Crippen LogP contribution is -2.21. The third-order valence-electron chi connectivity index (χ3n) is 2.81. The average Bonchev–Trinajstić information content (AvgIpc) is 2.45. The van der Waals surface area contributed by atoms with Crippen LogP contribution < -0.4 is 16.2 Å². The standard InChI is InChI=1S/C15H18N2O.ClH/c16-10-14(17)13-8-4-5-9-15(13)18-11-12-6-2-1-3-7-12;/h1-9,14H,10-11,16-17H2;1H/t14-;/m0./s1. The first kappa shape index (κ1) is 15.5. The van der Waals surface area contributed by atoms with Crippen molar-refractivity contribution in [1.29, 1.82) is 0 Å². The van der Waals surface area contributed by atoms with Crippen LogP contribution in [0.1, 0.15) is 17.2 Å². The maximum absolute atomic E-state index is 5.96. The second kappa shape index (κ2) is 7.79. The van der Waals surface area contributed by atoms with E-state index in [4.69, 9.17) is 16.2 Å². The first-order chi connectivity index (χ1) is 8.81. The highest BCUT2D eigenvalue weighted by atomic mass is 35.5. The van der Waals surface area contributed by atoms with Crippen LogP contribution >= 0.6 is 12.4 Å². The minimum atomic E-state index is -0.183. The van der Waals surface area contributed by atoms with Crippen molar-refractivity contribution in [3.05, 3.63) is 65.7 Å². The van der Waals surface area contributed by atoms with Crippen LogP contribution in [0.5, 0.6) is 5.75 Å². The molecule has 2 rings (SSSR count). The van der Waals surface area contributed by atoms with E-state index in [1.165, 1.54) is 0 Å². The van der Waals surface area contributed by atoms with Gasteiger partial charge in [0.15, 0.2) is 0 Å². The molecule has 0 aliphatic rings. The van der Waals surface area contributed by atoms with E-state index in [0.29, 0.717) is 13.2 Å². The number of benzene rings is 2. The summed E-state index contributed by atoms with van der Waals surface area (Å²) in [4.78, 5) is 0. The second-order valence-corrected chi connectivity index (χ2v) is 4.15. The highest BCUT2D eigenvalue weighted by Crippen LogP contribution is 2.23. The van der Waals surface area contributed by atoms with Crippen molar-refractivity contribution < 1.29 is 4.74 Å². The van der Waals surface area contributed by atoms with Crippen molar-refractivity contribution in [3.8, 4) is 5.75 Å². The maximum Gasteiger partial charge on any atom is 0.124 e. The van der Waals surface area contributed by atoms with Crippen LogP contribution in [-0.2, 0) is 6.61 Å². The summed E-state index contributed by atoms with van der Waals surface area (Å²) in [5.41, 5.74) is 13.6. The Hall–Kier alpha value is -1.55. The zero-order chi connectivity index (χ0) is 12.8. The van der Waals surface area contributed by atoms with Crippen molar-refractivity contribution in [1.82, 2.24) is 0 Å². The van der Waals surface area contributed by atoms with Gasteiger partial charge >= 0.3 is 0 Å². The van der Waals surface area contributed by atoms with E-state index < -0.39 is 0 Å². The van der Waals surface area contributed by atoms with Crippen LogP contribution in [0.25, 0.3) is 0 Å². The number of rotatable bonds is 5. The Bertz CT molecular complexity index is 491. The van der Waals surface area contributed by atoms with E-state index in [1.807, 2.05) is 54.6 Å². The van der Waals surface area contributed by atoms with Gasteiger partial charge in [-0.25, -0.2) is 0 Å². The Labute approximate surface area is 120 Å². The topological polar surface area (TPSA) is 61.3 Å². The molecular weight excluding hydrogens is 260 g/mol. The molecule has 0 amide bonds. The van der Waals surface area contributed by atoms with E-state index in [9.17, 15) is 0 Å². The predicted molar refractivity (Wildman–Crippen MR) is 80.4 cm³/mol. The minimum Gasteiger partial charge on any atom is -0.489 e. The molecule has 2 aromatic carbocycles. The van der Waals surface area contributed by atoms with Crippen molar-refractivity contribution in [2.45, 2.75) is 12.6 Å². The fourth-order valence-corrected chi connectivity index (χ4v) is 1.78. The first-order valence-electron chi connectivity index (χ1n) is 6.02. The SMILES string of the molecule is Cl.NC[C@H](N)c1ccccc1OCc1ccccc1. The average molecular weight is 279 g/mol. The molecule has 19 heavy (non-hydrogen) atoms. The molecule has 0 heterocycles. The normalized spacial score (nSPS) is 11.5. The summed E-state index contributed by atoms with van der Waals surface area (Å²) in [6.07, 6.45) is 0. The molecular formula is C15H19ClN2O. The van der Waals surface area contributed by atoms with Gasteiger partial charge in [0.05, 0.1) is 0 Å². The van der Waals surface area contributed by atoms with Gasteiger partial charge in [0.1, 0.15) is 12.4 Å². The van der Waals surface area contributed by atoms with Crippen molar-refractivity contribution >= 4 is 12.4 Å². The monoisotopic (exact) mass is 278 g/mol. The molecule has 2 aromatic rings. The minimum absolute atomic E-state index is 0. The molecule has 0 spiro atoms. The highest BCUT2D eigenvalue weighted by Gasteiger charge is 2.09. The van der Waals surface area contributed by atoms with Crippen molar-refractivity contribution in [2.75, 3.05) is 6.54 Å². The summed E-state index contributed by atoms with van der Waals surface area (Å²) in [5, 5.41) is 0. The molecule has 0 unspecified atom stereocenters. The molecule has 0 aromatic heterocycles. The summed E-state index contributed by atoms with van der Waals surface area (Å²) < 4.78 is 5.81. The summed E-state index contributed by atoms with van der Waals surface area (Å²) in [6.45, 7) is 0.945. The van der Waals surface area contributed by atoms with Crippen molar-refractivity contribution in [3.63, 3.8) is 0 Å². The van der Waals surface area contributed by atoms with Gasteiger partial charge in [0.25, 0.3) is 0 Å².